The summed E-state index contributed by atoms with van der Waals surface area (Å²) >= 11 is 6.10. The summed E-state index contributed by atoms with van der Waals surface area (Å²) in [5, 5.41) is 5.53. The number of fused-ring (bicyclic) bond motifs is 1. The molecule has 2 aliphatic heterocycles. The highest BCUT2D eigenvalue weighted by atomic mass is 35.5. The minimum atomic E-state index is -4.53. The van der Waals surface area contributed by atoms with Crippen LogP contribution >= 0.6 is 11.6 Å². The fraction of sp³-hybridized carbons (Fsp3) is 0.476. The number of rotatable bonds is 6. The summed E-state index contributed by atoms with van der Waals surface area (Å²) in [6.07, 6.45) is -0.831. The van der Waals surface area contributed by atoms with E-state index in [-0.39, 0.29) is 23.9 Å². The molecule has 4 heterocycles. The summed E-state index contributed by atoms with van der Waals surface area (Å²) in [4.78, 5) is 40.0. The van der Waals surface area contributed by atoms with Gasteiger partial charge in [-0.05, 0) is 25.8 Å². The van der Waals surface area contributed by atoms with Crippen molar-refractivity contribution < 1.29 is 27.5 Å². The maximum absolute atomic E-state index is 12.6. The van der Waals surface area contributed by atoms with Crippen LogP contribution in [-0.2, 0) is 9.53 Å². The zero-order chi connectivity index (χ0) is 24.5. The minimum Gasteiger partial charge on any atom is -0.462 e. The van der Waals surface area contributed by atoms with Gasteiger partial charge >= 0.3 is 12.1 Å². The maximum Gasteiger partial charge on any atom is 0.405 e. The van der Waals surface area contributed by atoms with Gasteiger partial charge in [0, 0.05) is 31.0 Å². The molecular formula is C21H22ClF3N6O3. The fourth-order valence-corrected chi connectivity index (χ4v) is 4.30. The number of ether oxygens (including phenoxy) is 1. The van der Waals surface area contributed by atoms with Crippen LogP contribution in [0.5, 0.6) is 0 Å². The number of nitrogens with zero attached hydrogens (tertiary/aromatic N) is 4. The van der Waals surface area contributed by atoms with E-state index in [0.717, 1.165) is 5.56 Å². The van der Waals surface area contributed by atoms with E-state index in [1.165, 1.54) is 12.4 Å². The molecule has 1 amide bonds. The molecule has 0 radical (unpaired) electrons. The van der Waals surface area contributed by atoms with Gasteiger partial charge in [-0.3, -0.25) is 4.79 Å². The van der Waals surface area contributed by atoms with Crippen molar-refractivity contribution >= 4 is 35.1 Å². The molecule has 0 bridgehead atoms. The Kier molecular flexibility index (Phi) is 6.78. The minimum absolute atomic E-state index is 0.0384. The van der Waals surface area contributed by atoms with Crippen LogP contribution < -0.4 is 15.5 Å². The number of hydrogen-bond donors (Lipinski definition) is 2. The van der Waals surface area contributed by atoms with Crippen molar-refractivity contribution in [3.8, 4) is 0 Å². The second-order valence-corrected chi connectivity index (χ2v) is 8.33. The first-order valence-electron chi connectivity index (χ1n) is 10.7. The summed E-state index contributed by atoms with van der Waals surface area (Å²) in [5.74, 6) is -0.638. The van der Waals surface area contributed by atoms with E-state index >= 15 is 0 Å². The van der Waals surface area contributed by atoms with Crippen LogP contribution in [0.25, 0.3) is 0 Å². The standard InChI is InChI=1S/C21H22ClF3N6O3/c1-2-34-20(33)14-9-28-17(13-8-27-16-12(13)6-11(22)7-26-16)30-18(14)31-5-3-4-15(31)19(32)29-10-21(23,24)25/h6-7,9,13,15H,2-5,8,10H2,1H3,(H,26,27)(H,29,32)/t13?,15-/m1/s1. The zero-order valence-electron chi connectivity index (χ0n) is 18.2. The van der Waals surface area contributed by atoms with E-state index in [0.29, 0.717) is 42.6 Å². The molecule has 9 nitrogen and oxygen atoms in total. The van der Waals surface area contributed by atoms with Crippen molar-refractivity contribution in [3.05, 3.63) is 40.4 Å². The van der Waals surface area contributed by atoms with Crippen LogP contribution in [-0.4, -0.2) is 65.3 Å². The molecule has 2 aromatic heterocycles. The van der Waals surface area contributed by atoms with Crippen LogP contribution in [0.1, 0.15) is 47.4 Å². The van der Waals surface area contributed by atoms with Crippen LogP contribution in [0.15, 0.2) is 18.5 Å². The average molecular weight is 499 g/mol. The Labute approximate surface area is 198 Å². The third kappa shape index (κ3) is 5.01. The SMILES string of the molecule is CCOC(=O)c1cnc(C2CNc3ncc(Cl)cc32)nc1N1CCC[C@@H]1C(=O)NCC(F)(F)F. The highest BCUT2D eigenvalue weighted by Crippen LogP contribution is 2.36. The molecule has 182 valence electrons. The number of amides is 1. The van der Waals surface area contributed by atoms with E-state index in [2.05, 4.69) is 20.3 Å². The van der Waals surface area contributed by atoms with Crippen molar-refractivity contribution in [1.29, 1.82) is 0 Å². The number of carbonyl (C=O) groups excluding carboxylic acids is 2. The monoisotopic (exact) mass is 498 g/mol. The van der Waals surface area contributed by atoms with Crippen LogP contribution in [0.2, 0.25) is 5.02 Å². The molecule has 1 unspecified atom stereocenters. The molecule has 0 aliphatic carbocycles. The summed E-state index contributed by atoms with van der Waals surface area (Å²) in [5.41, 5.74) is 0.819. The molecule has 1 fully saturated rings. The number of nitrogens with one attached hydrogen (secondary N) is 2. The van der Waals surface area contributed by atoms with Gasteiger partial charge in [-0.1, -0.05) is 11.6 Å². The van der Waals surface area contributed by atoms with Crippen LogP contribution in [0, 0.1) is 0 Å². The topological polar surface area (TPSA) is 109 Å². The number of pyridine rings is 1. The fourth-order valence-electron chi connectivity index (χ4n) is 4.13. The number of carbonyl (C=O) groups is 2. The summed E-state index contributed by atoms with van der Waals surface area (Å²) in [6.45, 7) is 1.10. The van der Waals surface area contributed by atoms with E-state index in [1.807, 2.05) is 5.32 Å². The number of halogens is 4. The third-order valence-electron chi connectivity index (χ3n) is 5.62. The quantitative estimate of drug-likeness (QED) is 0.585. The van der Waals surface area contributed by atoms with Gasteiger partial charge in [0.05, 0.1) is 17.5 Å². The Balaban J connectivity index is 1.69. The first kappa shape index (κ1) is 24.0. The van der Waals surface area contributed by atoms with Crippen molar-refractivity contribution in [2.24, 2.45) is 0 Å². The second-order valence-electron chi connectivity index (χ2n) is 7.90. The predicted molar refractivity (Wildman–Crippen MR) is 117 cm³/mol. The van der Waals surface area contributed by atoms with Gasteiger partial charge in [0.25, 0.3) is 0 Å². The lowest BCUT2D eigenvalue weighted by atomic mass is 10.0. The summed E-state index contributed by atoms with van der Waals surface area (Å²) in [6, 6.07) is 0.837. The molecule has 1 saturated heterocycles. The molecule has 2 atom stereocenters. The van der Waals surface area contributed by atoms with Gasteiger partial charge in [0.15, 0.2) is 0 Å². The van der Waals surface area contributed by atoms with E-state index in [4.69, 9.17) is 16.3 Å². The van der Waals surface area contributed by atoms with Crippen molar-refractivity contribution in [1.82, 2.24) is 20.3 Å². The molecule has 4 rings (SSSR count). The molecule has 2 aliphatic rings. The van der Waals surface area contributed by atoms with Crippen LogP contribution in [0.3, 0.4) is 0 Å². The Morgan fingerprint density at radius 3 is 2.85 bits per heavy atom. The van der Waals surface area contributed by atoms with Crippen LogP contribution in [0.4, 0.5) is 24.8 Å². The highest BCUT2D eigenvalue weighted by Gasteiger charge is 2.37. The molecule has 0 aromatic carbocycles. The van der Waals surface area contributed by atoms with E-state index in [9.17, 15) is 22.8 Å². The first-order chi connectivity index (χ1) is 16.2. The Morgan fingerprint density at radius 2 is 2.12 bits per heavy atom. The second kappa shape index (κ2) is 9.61. The first-order valence-corrected chi connectivity index (χ1v) is 11.1. The van der Waals surface area contributed by atoms with Gasteiger partial charge in [-0.25, -0.2) is 19.7 Å². The molecule has 13 heteroatoms. The lowest BCUT2D eigenvalue weighted by molar-refractivity contribution is -0.139. The van der Waals surface area contributed by atoms with Gasteiger partial charge < -0.3 is 20.3 Å². The maximum atomic E-state index is 12.6. The molecule has 0 saturated carbocycles. The lowest BCUT2D eigenvalue weighted by Crippen LogP contribution is -2.46. The number of alkyl halides is 3. The number of hydrogen-bond acceptors (Lipinski definition) is 8. The molecule has 0 spiro atoms. The van der Waals surface area contributed by atoms with Crippen molar-refractivity contribution in [3.63, 3.8) is 0 Å². The predicted octanol–water partition coefficient (Wildman–Crippen LogP) is 2.91. The Morgan fingerprint density at radius 1 is 1.32 bits per heavy atom. The summed E-state index contributed by atoms with van der Waals surface area (Å²) in [7, 11) is 0. The van der Waals surface area contributed by atoms with Gasteiger partial charge in [0.1, 0.15) is 35.6 Å². The third-order valence-corrected chi connectivity index (χ3v) is 5.82. The smallest absolute Gasteiger partial charge is 0.405 e. The molecule has 2 N–H and O–H groups in total. The van der Waals surface area contributed by atoms with Crippen molar-refractivity contribution in [2.45, 2.75) is 37.9 Å². The zero-order valence-corrected chi connectivity index (χ0v) is 18.9. The van der Waals surface area contributed by atoms with Crippen molar-refractivity contribution in [2.75, 3.05) is 36.5 Å². The lowest BCUT2D eigenvalue weighted by Gasteiger charge is -2.27. The Hall–Kier alpha value is -3.15. The number of anilines is 2. The Bertz CT molecular complexity index is 1100. The average Bonchev–Trinajstić information content (AvgIpc) is 3.44. The number of aromatic nitrogens is 3. The molecule has 2 aromatic rings. The van der Waals surface area contributed by atoms with E-state index < -0.39 is 30.6 Å². The summed E-state index contributed by atoms with van der Waals surface area (Å²) < 4.78 is 43.0. The van der Waals surface area contributed by atoms with E-state index in [1.54, 1.807) is 17.9 Å². The number of esters is 1. The van der Waals surface area contributed by atoms with Gasteiger partial charge in [0.2, 0.25) is 5.91 Å². The molecular weight excluding hydrogens is 477 g/mol. The largest absolute Gasteiger partial charge is 0.462 e. The highest BCUT2D eigenvalue weighted by molar-refractivity contribution is 6.30. The van der Waals surface area contributed by atoms with Gasteiger partial charge in [-0.15, -0.1) is 0 Å². The molecule has 34 heavy (non-hydrogen) atoms. The normalized spacial score (nSPS) is 19.5. The van der Waals surface area contributed by atoms with Gasteiger partial charge in [-0.2, -0.15) is 13.2 Å².